The summed E-state index contributed by atoms with van der Waals surface area (Å²) in [5.41, 5.74) is 3.60. The number of aryl methyl sites for hydroxylation is 3. The van der Waals surface area contributed by atoms with Gasteiger partial charge in [0.15, 0.2) is 4.34 Å². The number of aromatic nitrogens is 4. The van der Waals surface area contributed by atoms with Crippen LogP contribution in [0.2, 0.25) is 0 Å². The van der Waals surface area contributed by atoms with E-state index < -0.39 is 0 Å². The highest BCUT2D eigenvalue weighted by atomic mass is 32.2. The van der Waals surface area contributed by atoms with Crippen molar-refractivity contribution in [3.8, 4) is 0 Å². The van der Waals surface area contributed by atoms with E-state index in [1.807, 2.05) is 6.92 Å². The average Bonchev–Trinajstić information content (AvgIpc) is 3.23. The number of anilines is 2. The molecule has 0 saturated heterocycles. The van der Waals surface area contributed by atoms with E-state index in [1.165, 1.54) is 22.5 Å². The van der Waals surface area contributed by atoms with Gasteiger partial charge in [-0.2, -0.15) is 0 Å². The Bertz CT molecular complexity index is 814. The second-order valence-electron chi connectivity index (χ2n) is 5.19. The van der Waals surface area contributed by atoms with Crippen LogP contribution in [0.3, 0.4) is 0 Å². The quantitative estimate of drug-likeness (QED) is 0.625. The number of thioether (sulfide) groups is 1. The lowest BCUT2D eigenvalue weighted by molar-refractivity contribution is 0.470. The highest BCUT2D eigenvalue weighted by molar-refractivity contribution is 8.00. The van der Waals surface area contributed by atoms with E-state index in [0.717, 1.165) is 28.0 Å². The largest absolute Gasteiger partial charge is 0.424 e. The lowest BCUT2D eigenvalue weighted by Gasteiger charge is -2.11. The fourth-order valence-electron chi connectivity index (χ4n) is 2.24. The van der Waals surface area contributed by atoms with Gasteiger partial charge in [-0.1, -0.05) is 55.1 Å². The maximum absolute atomic E-state index is 5.50. The highest BCUT2D eigenvalue weighted by Crippen LogP contribution is 2.31. The Morgan fingerprint density at radius 1 is 1.08 bits per heavy atom. The van der Waals surface area contributed by atoms with Crippen molar-refractivity contribution in [1.82, 2.24) is 20.4 Å². The summed E-state index contributed by atoms with van der Waals surface area (Å²) in [6.45, 7) is 6.23. The van der Waals surface area contributed by atoms with Crippen molar-refractivity contribution in [3.05, 3.63) is 41.1 Å². The van der Waals surface area contributed by atoms with Crippen molar-refractivity contribution in [3.63, 3.8) is 0 Å². The van der Waals surface area contributed by atoms with Gasteiger partial charge in [-0.05, 0) is 24.5 Å². The molecule has 0 aliphatic heterocycles. The minimum atomic E-state index is 0.603. The summed E-state index contributed by atoms with van der Waals surface area (Å²) >= 11 is 3.08. The molecule has 0 saturated carbocycles. The summed E-state index contributed by atoms with van der Waals surface area (Å²) in [4.78, 5) is 0. The zero-order valence-electron chi connectivity index (χ0n) is 13.9. The fraction of sp³-hybridized carbons (Fsp3) is 0.375. The van der Waals surface area contributed by atoms with Gasteiger partial charge >= 0.3 is 0 Å². The van der Waals surface area contributed by atoms with Crippen LogP contribution < -0.4 is 5.32 Å². The number of benzene rings is 1. The van der Waals surface area contributed by atoms with Gasteiger partial charge < -0.3 is 9.73 Å². The Kier molecular flexibility index (Phi) is 5.47. The molecule has 6 nitrogen and oxygen atoms in total. The molecule has 0 bridgehead atoms. The zero-order chi connectivity index (χ0) is 16.9. The van der Waals surface area contributed by atoms with Crippen molar-refractivity contribution in [1.29, 1.82) is 0 Å². The highest BCUT2D eigenvalue weighted by Gasteiger charge is 2.11. The molecule has 1 aromatic carbocycles. The lowest BCUT2D eigenvalue weighted by atomic mass is 10.1. The molecule has 0 fully saturated rings. The van der Waals surface area contributed by atoms with E-state index in [4.69, 9.17) is 4.42 Å². The standard InChI is InChI=1S/C16H19N5OS2/c1-4-11-8-6-7-10(3)14(11)17-15-20-21-16(24-15)23-9-13-19-18-12(5-2)22-13/h6-8H,4-5,9H2,1-3H3,(H,17,20). The minimum Gasteiger partial charge on any atom is -0.424 e. The number of nitrogens with zero attached hydrogens (tertiary/aromatic N) is 4. The monoisotopic (exact) mass is 361 g/mol. The van der Waals surface area contributed by atoms with E-state index >= 15 is 0 Å². The van der Waals surface area contributed by atoms with Gasteiger partial charge in [0.2, 0.25) is 16.9 Å². The second-order valence-corrected chi connectivity index (χ2v) is 7.39. The molecule has 126 valence electrons. The van der Waals surface area contributed by atoms with Crippen LogP contribution in [-0.4, -0.2) is 20.4 Å². The van der Waals surface area contributed by atoms with Gasteiger partial charge in [-0.25, -0.2) is 0 Å². The number of nitrogens with one attached hydrogen (secondary N) is 1. The van der Waals surface area contributed by atoms with Crippen LogP contribution in [0.25, 0.3) is 0 Å². The summed E-state index contributed by atoms with van der Waals surface area (Å²) < 4.78 is 6.38. The molecule has 2 aromatic heterocycles. The van der Waals surface area contributed by atoms with Gasteiger partial charge in [0.1, 0.15) is 0 Å². The smallest absolute Gasteiger partial charge is 0.226 e. The Balaban J connectivity index is 1.65. The summed E-state index contributed by atoms with van der Waals surface area (Å²) in [6, 6.07) is 6.31. The molecule has 0 atom stereocenters. The van der Waals surface area contributed by atoms with E-state index in [2.05, 4.69) is 57.8 Å². The van der Waals surface area contributed by atoms with Gasteiger partial charge in [0.05, 0.1) is 5.75 Å². The Morgan fingerprint density at radius 3 is 2.67 bits per heavy atom. The SMILES string of the molecule is CCc1nnc(CSc2nnc(Nc3c(C)cccc3CC)s2)o1. The third kappa shape index (κ3) is 3.93. The van der Waals surface area contributed by atoms with Gasteiger partial charge in [0.25, 0.3) is 0 Å². The molecule has 3 aromatic rings. The number of para-hydroxylation sites is 1. The Labute approximate surface area is 149 Å². The number of hydrogen-bond donors (Lipinski definition) is 1. The molecule has 0 aliphatic rings. The van der Waals surface area contributed by atoms with E-state index in [1.54, 1.807) is 11.8 Å². The molecule has 8 heteroatoms. The van der Waals surface area contributed by atoms with Crippen LogP contribution in [0, 0.1) is 6.92 Å². The van der Waals surface area contributed by atoms with Crippen LogP contribution in [0.1, 0.15) is 36.8 Å². The normalized spacial score (nSPS) is 11.0. The number of rotatable bonds is 7. The van der Waals surface area contributed by atoms with Crippen molar-refractivity contribution in [2.45, 2.75) is 43.7 Å². The molecule has 24 heavy (non-hydrogen) atoms. The van der Waals surface area contributed by atoms with Crippen molar-refractivity contribution in [2.75, 3.05) is 5.32 Å². The molecule has 2 heterocycles. The van der Waals surface area contributed by atoms with Crippen molar-refractivity contribution < 1.29 is 4.42 Å². The third-order valence-corrected chi connectivity index (χ3v) is 5.47. The summed E-state index contributed by atoms with van der Waals surface area (Å²) in [6.07, 6.45) is 1.72. The van der Waals surface area contributed by atoms with E-state index in [0.29, 0.717) is 17.5 Å². The first-order valence-electron chi connectivity index (χ1n) is 7.82. The lowest BCUT2D eigenvalue weighted by Crippen LogP contribution is -1.97. The first kappa shape index (κ1) is 16.9. The molecule has 0 radical (unpaired) electrons. The fourth-order valence-corrected chi connectivity index (χ4v) is 3.83. The third-order valence-electron chi connectivity index (χ3n) is 3.51. The van der Waals surface area contributed by atoms with Crippen molar-refractivity contribution in [2.24, 2.45) is 0 Å². The topological polar surface area (TPSA) is 76.7 Å². The summed E-state index contributed by atoms with van der Waals surface area (Å²) in [5, 5.41) is 20.6. The van der Waals surface area contributed by atoms with Crippen LogP contribution in [0.4, 0.5) is 10.8 Å². The van der Waals surface area contributed by atoms with Gasteiger partial charge in [-0.3, -0.25) is 0 Å². The maximum Gasteiger partial charge on any atom is 0.226 e. The first-order valence-corrected chi connectivity index (χ1v) is 9.62. The van der Waals surface area contributed by atoms with Crippen LogP contribution in [-0.2, 0) is 18.6 Å². The number of hydrogen-bond acceptors (Lipinski definition) is 8. The molecular weight excluding hydrogens is 342 g/mol. The Morgan fingerprint density at radius 2 is 1.92 bits per heavy atom. The summed E-state index contributed by atoms with van der Waals surface area (Å²) in [7, 11) is 0. The molecular formula is C16H19N5OS2. The first-order chi connectivity index (χ1) is 11.7. The Hall–Kier alpha value is -1.93. The predicted octanol–water partition coefficient (Wildman–Crippen LogP) is 4.39. The minimum absolute atomic E-state index is 0.603. The molecule has 0 aliphatic carbocycles. The van der Waals surface area contributed by atoms with E-state index in [-0.39, 0.29) is 0 Å². The van der Waals surface area contributed by atoms with Crippen LogP contribution in [0.15, 0.2) is 27.0 Å². The zero-order valence-corrected chi connectivity index (χ0v) is 15.5. The van der Waals surface area contributed by atoms with Crippen LogP contribution >= 0.6 is 23.1 Å². The molecule has 0 amide bonds. The maximum atomic E-state index is 5.50. The predicted molar refractivity (Wildman–Crippen MR) is 97.0 cm³/mol. The average molecular weight is 361 g/mol. The van der Waals surface area contributed by atoms with Crippen molar-refractivity contribution >= 4 is 33.9 Å². The summed E-state index contributed by atoms with van der Waals surface area (Å²) in [5.74, 6) is 1.89. The molecule has 3 rings (SSSR count). The molecule has 0 unspecified atom stereocenters. The van der Waals surface area contributed by atoms with Gasteiger partial charge in [0, 0.05) is 12.1 Å². The molecule has 0 spiro atoms. The van der Waals surface area contributed by atoms with E-state index in [9.17, 15) is 0 Å². The van der Waals surface area contributed by atoms with Gasteiger partial charge in [-0.15, -0.1) is 20.4 Å². The molecule has 1 N–H and O–H groups in total. The second kappa shape index (κ2) is 7.76. The van der Waals surface area contributed by atoms with Crippen LogP contribution in [0.5, 0.6) is 0 Å².